The molecule has 9 nitrogen and oxygen atoms in total. The molecule has 0 bridgehead atoms. The summed E-state index contributed by atoms with van der Waals surface area (Å²) in [5, 5.41) is 20.1. The molecule has 1 rings (SSSR count). The van der Waals surface area contributed by atoms with Crippen molar-refractivity contribution in [2.24, 2.45) is 4.99 Å². The van der Waals surface area contributed by atoms with E-state index in [2.05, 4.69) is 15.6 Å². The highest BCUT2D eigenvalue weighted by Gasteiger charge is 2.32. The van der Waals surface area contributed by atoms with Crippen LogP contribution >= 0.6 is 0 Å². The van der Waals surface area contributed by atoms with Crippen molar-refractivity contribution in [2.75, 3.05) is 26.2 Å². The van der Waals surface area contributed by atoms with Crippen molar-refractivity contribution in [3.63, 3.8) is 0 Å². The van der Waals surface area contributed by atoms with Gasteiger partial charge in [0.1, 0.15) is 12.3 Å². The van der Waals surface area contributed by atoms with Gasteiger partial charge in [-0.15, -0.1) is 0 Å². The van der Waals surface area contributed by atoms with Crippen molar-refractivity contribution in [1.29, 1.82) is 10.8 Å². The number of amidine groups is 1. The van der Waals surface area contributed by atoms with E-state index in [9.17, 15) is 14.4 Å². The van der Waals surface area contributed by atoms with Crippen molar-refractivity contribution in [3.05, 3.63) is 0 Å². The van der Waals surface area contributed by atoms with Gasteiger partial charge in [0, 0.05) is 6.54 Å². The lowest BCUT2D eigenvalue weighted by Gasteiger charge is -2.32. The number of amides is 2. The Morgan fingerprint density at radius 2 is 2.17 bits per heavy atom. The van der Waals surface area contributed by atoms with E-state index in [1.165, 1.54) is 11.8 Å². The Bertz CT molecular complexity index is 543. The molecule has 0 saturated carbocycles. The van der Waals surface area contributed by atoms with Crippen molar-refractivity contribution >= 4 is 35.4 Å². The molecule has 1 atom stereocenters. The van der Waals surface area contributed by atoms with Gasteiger partial charge in [-0.2, -0.15) is 0 Å². The third-order valence-electron chi connectivity index (χ3n) is 3.38. The van der Waals surface area contributed by atoms with Gasteiger partial charge in [0.25, 0.3) is 5.91 Å². The van der Waals surface area contributed by atoms with Gasteiger partial charge in [-0.3, -0.25) is 14.6 Å². The van der Waals surface area contributed by atoms with E-state index in [1.807, 2.05) is 0 Å². The Morgan fingerprint density at radius 3 is 2.74 bits per heavy atom. The predicted octanol–water partition coefficient (Wildman–Crippen LogP) is -1.03. The molecule has 0 saturated heterocycles. The normalized spacial score (nSPS) is 15.5. The summed E-state index contributed by atoms with van der Waals surface area (Å²) < 4.78 is 0. The van der Waals surface area contributed by atoms with Crippen LogP contribution in [-0.2, 0) is 14.4 Å². The lowest BCUT2D eigenvalue weighted by molar-refractivity contribution is -0.136. The first-order valence-corrected chi connectivity index (χ1v) is 7.35. The van der Waals surface area contributed by atoms with Crippen LogP contribution in [0.5, 0.6) is 0 Å². The molecule has 0 spiro atoms. The van der Waals surface area contributed by atoms with Gasteiger partial charge in [0.05, 0.1) is 31.1 Å². The molecule has 0 fully saturated rings. The van der Waals surface area contributed by atoms with E-state index in [0.29, 0.717) is 25.8 Å². The molecule has 1 heterocycles. The van der Waals surface area contributed by atoms with Crippen LogP contribution in [0.15, 0.2) is 4.99 Å². The van der Waals surface area contributed by atoms with E-state index < -0.39 is 11.9 Å². The van der Waals surface area contributed by atoms with Gasteiger partial charge >= 0.3 is 0 Å². The largest absolute Gasteiger partial charge is 0.360 e. The first kappa shape index (κ1) is 18.5. The third kappa shape index (κ3) is 4.97. The number of aliphatic imine (C=N–C) groups is 1. The Morgan fingerprint density at radius 1 is 1.48 bits per heavy atom. The van der Waals surface area contributed by atoms with Crippen LogP contribution in [0.3, 0.4) is 0 Å². The summed E-state index contributed by atoms with van der Waals surface area (Å²) in [6.45, 7) is 3.88. The van der Waals surface area contributed by atoms with Crippen LogP contribution in [0.2, 0.25) is 0 Å². The quantitative estimate of drug-likeness (QED) is 0.335. The van der Waals surface area contributed by atoms with Crippen molar-refractivity contribution in [1.82, 2.24) is 15.5 Å². The second-order valence-electron chi connectivity index (χ2n) is 5.02. The van der Waals surface area contributed by atoms with Gasteiger partial charge in [-0.05, 0) is 13.3 Å². The van der Waals surface area contributed by atoms with Crippen LogP contribution in [0.25, 0.3) is 0 Å². The number of nitrogens with zero attached hydrogens (tertiary/aromatic N) is 2. The molecular formula is C14H22N6O3. The summed E-state index contributed by atoms with van der Waals surface area (Å²) >= 11 is 0. The second-order valence-corrected chi connectivity index (χ2v) is 5.02. The average molecular weight is 322 g/mol. The number of carbonyl (C=O) groups excluding carboxylic acids is 3. The Kier molecular flexibility index (Phi) is 7.04. The Balaban J connectivity index is 2.75. The number of hydrogen-bond acceptors (Lipinski definition) is 7. The summed E-state index contributed by atoms with van der Waals surface area (Å²) in [6, 6.07) is -0.668. The molecular weight excluding hydrogens is 300 g/mol. The molecule has 0 aromatic rings. The number of hydrogen-bond donors (Lipinski definition) is 4. The SMILES string of the molecule is CC[C@@H](C(=O)NCC=O)N1CCN=C(NCC(=N)C(C)=N)C1=O. The highest BCUT2D eigenvalue weighted by molar-refractivity contribution is 6.42. The molecule has 0 radical (unpaired) electrons. The highest BCUT2D eigenvalue weighted by Crippen LogP contribution is 2.09. The second kappa shape index (κ2) is 8.76. The summed E-state index contributed by atoms with van der Waals surface area (Å²) in [5.74, 6) is -0.707. The molecule has 1 aliphatic rings. The molecule has 0 aromatic heterocycles. The van der Waals surface area contributed by atoms with E-state index in [-0.39, 0.29) is 36.3 Å². The summed E-state index contributed by atoms with van der Waals surface area (Å²) in [4.78, 5) is 40.4. The van der Waals surface area contributed by atoms with Crippen molar-refractivity contribution in [3.8, 4) is 0 Å². The van der Waals surface area contributed by atoms with Crippen LogP contribution < -0.4 is 10.6 Å². The first-order valence-electron chi connectivity index (χ1n) is 7.35. The van der Waals surface area contributed by atoms with Crippen LogP contribution in [-0.4, -0.2) is 72.5 Å². The zero-order valence-electron chi connectivity index (χ0n) is 13.3. The summed E-state index contributed by atoms with van der Waals surface area (Å²) in [5.41, 5.74) is 0.172. The smallest absolute Gasteiger partial charge is 0.289 e. The lowest BCUT2D eigenvalue weighted by Crippen LogP contribution is -2.56. The van der Waals surface area contributed by atoms with Crippen LogP contribution in [0, 0.1) is 10.8 Å². The van der Waals surface area contributed by atoms with E-state index >= 15 is 0 Å². The molecule has 0 aliphatic carbocycles. The maximum Gasteiger partial charge on any atom is 0.289 e. The molecule has 4 N–H and O–H groups in total. The molecule has 126 valence electrons. The van der Waals surface area contributed by atoms with Crippen molar-refractivity contribution < 1.29 is 14.4 Å². The van der Waals surface area contributed by atoms with E-state index in [4.69, 9.17) is 10.8 Å². The van der Waals surface area contributed by atoms with Crippen LogP contribution in [0.4, 0.5) is 0 Å². The highest BCUT2D eigenvalue weighted by atomic mass is 16.2. The zero-order valence-corrected chi connectivity index (χ0v) is 13.3. The number of aldehydes is 1. The summed E-state index contributed by atoms with van der Waals surface area (Å²) in [7, 11) is 0. The predicted molar refractivity (Wildman–Crippen MR) is 86.3 cm³/mol. The average Bonchev–Trinajstić information content (AvgIpc) is 2.53. The van der Waals surface area contributed by atoms with Gasteiger partial charge in [0.2, 0.25) is 5.91 Å². The molecule has 1 aliphatic heterocycles. The Labute approximate surface area is 134 Å². The molecule has 23 heavy (non-hydrogen) atoms. The number of rotatable bonds is 8. The lowest BCUT2D eigenvalue weighted by atomic mass is 10.1. The molecule has 2 amide bonds. The minimum atomic E-state index is -0.668. The minimum absolute atomic E-state index is 0.0296. The summed E-state index contributed by atoms with van der Waals surface area (Å²) in [6.07, 6.45) is 1.00. The maximum absolute atomic E-state index is 12.4. The number of carbonyl (C=O) groups is 3. The molecule has 9 heteroatoms. The van der Waals surface area contributed by atoms with Crippen molar-refractivity contribution in [2.45, 2.75) is 26.3 Å². The molecule has 0 unspecified atom stereocenters. The zero-order chi connectivity index (χ0) is 17.4. The number of nitrogens with one attached hydrogen (secondary N) is 4. The Hall–Kier alpha value is -2.58. The minimum Gasteiger partial charge on any atom is -0.360 e. The fraction of sp³-hybridized carbons (Fsp3) is 0.571. The standard InChI is InChI=1S/C14H22N6O3/c1-3-11(13(22)18-5-7-21)20-6-4-17-12(14(20)23)19-8-10(16)9(2)15/h7,11,15-16H,3-6,8H2,1-2H3,(H,17,19)(H,18,22)/t11-/m0/s1. The fourth-order valence-electron chi connectivity index (χ4n) is 2.12. The molecule has 0 aromatic carbocycles. The van der Waals surface area contributed by atoms with Gasteiger partial charge in [-0.25, -0.2) is 0 Å². The topological polar surface area (TPSA) is 139 Å². The first-order chi connectivity index (χ1) is 10.9. The fourth-order valence-corrected chi connectivity index (χ4v) is 2.12. The van der Waals surface area contributed by atoms with Gasteiger partial charge < -0.3 is 31.1 Å². The third-order valence-corrected chi connectivity index (χ3v) is 3.38. The van der Waals surface area contributed by atoms with Crippen LogP contribution in [0.1, 0.15) is 20.3 Å². The van der Waals surface area contributed by atoms with Gasteiger partial charge in [0.15, 0.2) is 5.84 Å². The van der Waals surface area contributed by atoms with Gasteiger partial charge in [-0.1, -0.05) is 6.92 Å². The van der Waals surface area contributed by atoms with E-state index in [1.54, 1.807) is 6.92 Å². The maximum atomic E-state index is 12.4. The monoisotopic (exact) mass is 322 g/mol. The van der Waals surface area contributed by atoms with E-state index in [0.717, 1.165) is 0 Å².